The van der Waals surface area contributed by atoms with E-state index in [0.717, 1.165) is 26.1 Å². The van der Waals surface area contributed by atoms with Crippen molar-refractivity contribution in [2.75, 3.05) is 13.1 Å². The van der Waals surface area contributed by atoms with E-state index in [1.54, 1.807) is 19.1 Å². The molecule has 0 radical (unpaired) electrons. The molecule has 1 saturated heterocycles. The van der Waals surface area contributed by atoms with Crippen LogP contribution in [0.5, 0.6) is 0 Å². The Morgan fingerprint density at radius 3 is 2.73 bits per heavy atom. The van der Waals surface area contributed by atoms with Crippen LogP contribution in [0, 0.1) is 12.7 Å². The lowest BCUT2D eigenvalue weighted by molar-refractivity contribution is 0.331. The van der Waals surface area contributed by atoms with E-state index in [2.05, 4.69) is 17.0 Å². The topological polar surface area (TPSA) is 26.3 Å². The van der Waals surface area contributed by atoms with Crippen molar-refractivity contribution in [3.05, 3.63) is 65.5 Å². The van der Waals surface area contributed by atoms with Crippen LogP contribution in [-0.2, 0) is 17.7 Å². The van der Waals surface area contributed by atoms with Crippen molar-refractivity contribution in [2.24, 2.45) is 0 Å². The first-order valence-electron chi connectivity index (χ1n) is 7.56. The molecule has 4 heteroatoms. The fraction of sp³-hybridized carbons (Fsp3) is 0.333. The molecule has 1 heterocycles. The highest BCUT2D eigenvalue weighted by Gasteiger charge is 2.33. The van der Waals surface area contributed by atoms with Crippen LogP contribution in [0.4, 0.5) is 4.39 Å². The van der Waals surface area contributed by atoms with Crippen molar-refractivity contribution in [2.45, 2.75) is 30.0 Å². The third-order valence-electron chi connectivity index (χ3n) is 4.16. The highest BCUT2D eigenvalue weighted by atomic mass is 32.2. The first-order valence-corrected chi connectivity index (χ1v) is 8.78. The van der Waals surface area contributed by atoms with Crippen molar-refractivity contribution in [1.29, 1.82) is 0 Å². The molecule has 1 aliphatic heterocycles. The van der Waals surface area contributed by atoms with E-state index >= 15 is 0 Å². The van der Waals surface area contributed by atoms with Gasteiger partial charge in [0.05, 0.1) is 0 Å². The third kappa shape index (κ3) is 3.51. The Labute approximate surface area is 134 Å². The molecule has 0 N–H and O–H groups in total. The summed E-state index contributed by atoms with van der Waals surface area (Å²) in [4.78, 5) is 2.93. The van der Waals surface area contributed by atoms with Crippen molar-refractivity contribution in [1.82, 2.24) is 4.90 Å². The van der Waals surface area contributed by atoms with Gasteiger partial charge in [-0.2, -0.15) is 0 Å². The molecule has 2 atom stereocenters. The summed E-state index contributed by atoms with van der Waals surface area (Å²) in [5.41, 5.74) is 1.87. The summed E-state index contributed by atoms with van der Waals surface area (Å²) >= 11 is -1.14. The zero-order valence-corrected chi connectivity index (χ0v) is 13.5. The van der Waals surface area contributed by atoms with Crippen molar-refractivity contribution in [3.8, 4) is 0 Å². The Hall–Kier alpha value is -1.36. The fourth-order valence-electron chi connectivity index (χ4n) is 2.85. The average Bonchev–Trinajstić information content (AvgIpc) is 2.99. The van der Waals surface area contributed by atoms with Crippen LogP contribution in [-0.4, -0.2) is 27.8 Å². The van der Waals surface area contributed by atoms with E-state index in [0.29, 0.717) is 10.5 Å². The molecule has 2 aromatic carbocycles. The zero-order chi connectivity index (χ0) is 15.5. The smallest absolute Gasteiger partial charge is 0.155 e. The SMILES string of the molecule is Cc1ccc([S+]([O-])C2CCN(Cc3ccccc3)C2)cc1F. The Morgan fingerprint density at radius 1 is 1.23 bits per heavy atom. The molecule has 0 saturated carbocycles. The maximum Gasteiger partial charge on any atom is 0.155 e. The zero-order valence-electron chi connectivity index (χ0n) is 12.7. The number of aryl methyl sites for hydroxylation is 1. The summed E-state index contributed by atoms with van der Waals surface area (Å²) in [5, 5.41) is 0.0887. The van der Waals surface area contributed by atoms with Gasteiger partial charge in [0.2, 0.25) is 0 Å². The average molecular weight is 317 g/mol. The number of nitrogens with zero attached hydrogens (tertiary/aromatic N) is 1. The van der Waals surface area contributed by atoms with E-state index in [4.69, 9.17) is 0 Å². The van der Waals surface area contributed by atoms with Gasteiger partial charge in [0, 0.05) is 32.1 Å². The van der Waals surface area contributed by atoms with Crippen LogP contribution in [0.15, 0.2) is 53.4 Å². The molecule has 2 aromatic rings. The predicted molar refractivity (Wildman–Crippen MR) is 87.7 cm³/mol. The standard InChI is InChI=1S/C18H20FNOS/c1-14-7-8-16(11-18(14)19)22(21)17-9-10-20(13-17)12-15-5-3-2-4-6-15/h2-8,11,17H,9-10,12-13H2,1H3. The van der Waals surface area contributed by atoms with Gasteiger partial charge in [-0.25, -0.2) is 4.39 Å². The van der Waals surface area contributed by atoms with Crippen molar-refractivity contribution in [3.63, 3.8) is 0 Å². The molecule has 22 heavy (non-hydrogen) atoms. The Balaban J connectivity index is 1.63. The molecule has 0 amide bonds. The number of hydrogen-bond donors (Lipinski definition) is 0. The molecule has 2 nitrogen and oxygen atoms in total. The van der Waals surface area contributed by atoms with Crippen molar-refractivity contribution >= 4 is 11.2 Å². The van der Waals surface area contributed by atoms with E-state index in [1.807, 2.05) is 18.2 Å². The molecule has 2 unspecified atom stereocenters. The Kier molecular flexibility index (Phi) is 4.81. The van der Waals surface area contributed by atoms with Gasteiger partial charge >= 0.3 is 0 Å². The van der Waals surface area contributed by atoms with Gasteiger partial charge < -0.3 is 4.55 Å². The first-order chi connectivity index (χ1) is 10.6. The van der Waals surface area contributed by atoms with Gasteiger partial charge in [-0.05, 0) is 35.3 Å². The number of likely N-dealkylation sites (tertiary alicyclic amines) is 1. The molecule has 0 bridgehead atoms. The van der Waals surface area contributed by atoms with Crippen LogP contribution >= 0.6 is 0 Å². The molecule has 116 valence electrons. The van der Waals surface area contributed by atoms with Gasteiger partial charge in [-0.15, -0.1) is 0 Å². The minimum Gasteiger partial charge on any atom is -0.611 e. The van der Waals surface area contributed by atoms with E-state index in [-0.39, 0.29) is 11.1 Å². The summed E-state index contributed by atoms with van der Waals surface area (Å²) in [5.74, 6) is -0.273. The molecule has 1 aliphatic rings. The van der Waals surface area contributed by atoms with E-state index in [9.17, 15) is 8.94 Å². The summed E-state index contributed by atoms with van der Waals surface area (Å²) in [6.07, 6.45) is 0.898. The van der Waals surface area contributed by atoms with Gasteiger partial charge in [0.15, 0.2) is 4.90 Å². The van der Waals surface area contributed by atoms with Crippen LogP contribution in [0.1, 0.15) is 17.5 Å². The van der Waals surface area contributed by atoms with Crippen LogP contribution < -0.4 is 0 Å². The van der Waals surface area contributed by atoms with E-state index in [1.165, 1.54) is 11.6 Å². The second kappa shape index (κ2) is 6.82. The summed E-state index contributed by atoms with van der Waals surface area (Å²) < 4.78 is 26.3. The molecule has 0 aromatic heterocycles. The minimum absolute atomic E-state index is 0.0887. The lowest BCUT2D eigenvalue weighted by Gasteiger charge is -2.19. The van der Waals surface area contributed by atoms with Crippen molar-refractivity contribution < 1.29 is 8.94 Å². The maximum absolute atomic E-state index is 13.6. The third-order valence-corrected chi connectivity index (χ3v) is 5.87. The van der Waals surface area contributed by atoms with Crippen LogP contribution in [0.2, 0.25) is 0 Å². The Bertz CT molecular complexity index is 634. The second-order valence-corrected chi connectivity index (χ2v) is 7.57. The normalized spacial score (nSPS) is 20.2. The van der Waals surface area contributed by atoms with Gasteiger partial charge in [-0.3, -0.25) is 4.90 Å². The van der Waals surface area contributed by atoms with E-state index < -0.39 is 11.2 Å². The largest absolute Gasteiger partial charge is 0.611 e. The number of halogens is 1. The Morgan fingerprint density at radius 2 is 2.00 bits per heavy atom. The summed E-state index contributed by atoms with van der Waals surface area (Å²) in [6, 6.07) is 15.2. The fourth-order valence-corrected chi connectivity index (χ4v) is 4.32. The maximum atomic E-state index is 13.6. The second-order valence-electron chi connectivity index (χ2n) is 5.84. The predicted octanol–water partition coefficient (Wildman–Crippen LogP) is 3.52. The molecule has 1 fully saturated rings. The quantitative estimate of drug-likeness (QED) is 0.807. The number of benzene rings is 2. The molecular formula is C18H20FNOS. The lowest BCUT2D eigenvalue weighted by Crippen LogP contribution is -2.27. The monoisotopic (exact) mass is 317 g/mol. The van der Waals surface area contributed by atoms with Gasteiger partial charge in [-0.1, -0.05) is 36.4 Å². The molecule has 3 rings (SSSR count). The highest BCUT2D eigenvalue weighted by Crippen LogP contribution is 2.26. The highest BCUT2D eigenvalue weighted by molar-refractivity contribution is 7.92. The van der Waals surface area contributed by atoms with Crippen LogP contribution in [0.3, 0.4) is 0 Å². The van der Waals surface area contributed by atoms with Gasteiger partial charge in [0.1, 0.15) is 11.1 Å². The molecule has 0 spiro atoms. The summed E-state index contributed by atoms with van der Waals surface area (Å²) in [7, 11) is 0. The lowest BCUT2D eigenvalue weighted by atomic mass is 10.2. The first kappa shape index (κ1) is 15.5. The molecule has 0 aliphatic carbocycles. The van der Waals surface area contributed by atoms with Crippen LogP contribution in [0.25, 0.3) is 0 Å². The molecular weight excluding hydrogens is 297 g/mol. The minimum atomic E-state index is -1.14. The van der Waals surface area contributed by atoms with Gasteiger partial charge in [0.25, 0.3) is 0 Å². The number of hydrogen-bond acceptors (Lipinski definition) is 2. The summed E-state index contributed by atoms with van der Waals surface area (Å²) in [6.45, 7) is 4.35. The number of rotatable bonds is 4.